The van der Waals surface area contributed by atoms with Crippen molar-refractivity contribution in [3.63, 3.8) is 0 Å². The molecule has 1 aliphatic rings. The van der Waals surface area contributed by atoms with E-state index in [0.717, 1.165) is 12.1 Å². The highest BCUT2D eigenvalue weighted by atomic mass is 35.5. The molecule has 1 aromatic rings. The van der Waals surface area contributed by atoms with E-state index in [-0.39, 0.29) is 30.7 Å². The van der Waals surface area contributed by atoms with Crippen molar-refractivity contribution >= 4 is 18.3 Å². The minimum absolute atomic E-state index is 0. The fraction of sp³-hybridized carbons (Fsp3) is 0.462. The number of hydrogen-bond acceptors (Lipinski definition) is 2. The Morgan fingerprint density at radius 1 is 1.32 bits per heavy atom. The number of carbonyl (C=O) groups is 1. The highest BCUT2D eigenvalue weighted by Gasteiger charge is 2.24. The second kappa shape index (κ2) is 6.82. The molecule has 0 saturated carbocycles. The summed E-state index contributed by atoms with van der Waals surface area (Å²) in [4.78, 5) is 13.4. The minimum Gasteiger partial charge on any atom is -0.338 e. The van der Waals surface area contributed by atoms with E-state index in [1.807, 2.05) is 0 Å². The Hall–Kier alpha value is -1.20. The molecular weight excluding hydrogens is 274 g/mol. The van der Waals surface area contributed by atoms with Gasteiger partial charge in [-0.25, -0.2) is 8.78 Å². The maximum Gasteiger partial charge on any atom is 0.224 e. The number of benzene rings is 1. The number of nitrogens with one attached hydrogen (secondary N) is 1. The number of carbonyl (C=O) groups excluding carboxylic acids is 1. The van der Waals surface area contributed by atoms with Gasteiger partial charge < -0.3 is 10.2 Å². The molecule has 0 aromatic heterocycles. The Morgan fingerprint density at radius 2 is 1.95 bits per heavy atom. The first-order valence-corrected chi connectivity index (χ1v) is 6.01. The van der Waals surface area contributed by atoms with Crippen LogP contribution in [0.4, 0.5) is 8.78 Å². The minimum atomic E-state index is -0.433. The van der Waals surface area contributed by atoms with E-state index in [0.29, 0.717) is 37.1 Å². The Balaban J connectivity index is 0.00000180. The van der Waals surface area contributed by atoms with E-state index in [4.69, 9.17) is 0 Å². The van der Waals surface area contributed by atoms with Gasteiger partial charge in [-0.3, -0.25) is 4.79 Å². The van der Waals surface area contributed by atoms with Crippen LogP contribution in [0, 0.1) is 11.6 Å². The Morgan fingerprint density at radius 3 is 2.58 bits per heavy atom. The SMILES string of the molecule is CNCCC(=O)N1CCc2c(F)ccc(F)c2C1.Cl. The van der Waals surface area contributed by atoms with Crippen LogP contribution in [0.3, 0.4) is 0 Å². The van der Waals surface area contributed by atoms with E-state index in [9.17, 15) is 13.6 Å². The van der Waals surface area contributed by atoms with E-state index in [1.54, 1.807) is 11.9 Å². The average molecular weight is 291 g/mol. The lowest BCUT2D eigenvalue weighted by molar-refractivity contribution is -0.132. The van der Waals surface area contributed by atoms with Gasteiger partial charge in [-0.15, -0.1) is 12.4 Å². The molecule has 1 amide bonds. The molecule has 0 unspecified atom stereocenters. The van der Waals surface area contributed by atoms with Gasteiger partial charge in [-0.05, 0) is 31.2 Å². The molecule has 0 bridgehead atoms. The molecule has 19 heavy (non-hydrogen) atoms. The zero-order chi connectivity index (χ0) is 13.1. The van der Waals surface area contributed by atoms with Gasteiger partial charge in [-0.1, -0.05) is 0 Å². The summed E-state index contributed by atoms with van der Waals surface area (Å²) in [5.41, 5.74) is 0.728. The van der Waals surface area contributed by atoms with Crippen LogP contribution in [-0.2, 0) is 17.8 Å². The Labute approximate surface area is 117 Å². The second-order valence-corrected chi connectivity index (χ2v) is 4.41. The van der Waals surface area contributed by atoms with E-state index in [1.165, 1.54) is 0 Å². The standard InChI is InChI=1S/C13H16F2N2O.ClH/c1-16-6-4-13(18)17-7-5-9-10(8-17)12(15)3-2-11(9)14;/h2-3,16H,4-8H2,1H3;1H. The molecule has 0 saturated heterocycles. The lowest BCUT2D eigenvalue weighted by atomic mass is 9.98. The molecule has 1 heterocycles. The molecular formula is C13H17ClF2N2O. The van der Waals surface area contributed by atoms with Crippen LogP contribution < -0.4 is 5.32 Å². The second-order valence-electron chi connectivity index (χ2n) is 4.41. The number of halogens is 3. The third-order valence-corrected chi connectivity index (χ3v) is 3.24. The maximum absolute atomic E-state index is 13.6. The number of nitrogens with zero attached hydrogens (tertiary/aromatic N) is 1. The summed E-state index contributed by atoms with van der Waals surface area (Å²) in [7, 11) is 1.77. The number of amides is 1. The van der Waals surface area contributed by atoms with Crippen molar-refractivity contribution in [2.75, 3.05) is 20.1 Å². The van der Waals surface area contributed by atoms with Gasteiger partial charge in [0.2, 0.25) is 5.91 Å². The maximum atomic E-state index is 13.6. The highest BCUT2D eigenvalue weighted by Crippen LogP contribution is 2.24. The fourth-order valence-corrected chi connectivity index (χ4v) is 2.20. The van der Waals surface area contributed by atoms with Gasteiger partial charge in [0.05, 0.1) is 0 Å². The molecule has 0 radical (unpaired) electrons. The van der Waals surface area contributed by atoms with Crippen LogP contribution in [0.5, 0.6) is 0 Å². The van der Waals surface area contributed by atoms with Crippen LogP contribution in [0.15, 0.2) is 12.1 Å². The van der Waals surface area contributed by atoms with Gasteiger partial charge in [0.1, 0.15) is 11.6 Å². The first-order valence-electron chi connectivity index (χ1n) is 6.01. The predicted molar refractivity (Wildman–Crippen MR) is 71.3 cm³/mol. The monoisotopic (exact) mass is 290 g/mol. The third-order valence-electron chi connectivity index (χ3n) is 3.24. The van der Waals surface area contributed by atoms with Crippen molar-refractivity contribution in [2.24, 2.45) is 0 Å². The third kappa shape index (κ3) is 3.42. The van der Waals surface area contributed by atoms with Crippen molar-refractivity contribution in [3.05, 3.63) is 34.9 Å². The smallest absolute Gasteiger partial charge is 0.224 e. The van der Waals surface area contributed by atoms with Crippen LogP contribution in [0.2, 0.25) is 0 Å². The first-order chi connectivity index (χ1) is 8.63. The van der Waals surface area contributed by atoms with Crippen molar-refractivity contribution in [3.8, 4) is 0 Å². The summed E-state index contributed by atoms with van der Waals surface area (Å²) in [6, 6.07) is 2.27. The summed E-state index contributed by atoms with van der Waals surface area (Å²) in [6.07, 6.45) is 0.757. The zero-order valence-electron chi connectivity index (χ0n) is 10.7. The normalized spacial score (nSPS) is 13.7. The Bertz CT molecular complexity index is 468. The number of hydrogen-bond donors (Lipinski definition) is 1. The van der Waals surface area contributed by atoms with Crippen molar-refractivity contribution < 1.29 is 13.6 Å². The largest absolute Gasteiger partial charge is 0.338 e. The molecule has 0 atom stereocenters. The molecule has 0 spiro atoms. The molecule has 1 N–H and O–H groups in total. The van der Waals surface area contributed by atoms with Gasteiger partial charge in [0, 0.05) is 31.6 Å². The van der Waals surface area contributed by atoms with E-state index in [2.05, 4.69) is 5.32 Å². The molecule has 106 valence electrons. The summed E-state index contributed by atoms with van der Waals surface area (Å²) in [6.45, 7) is 1.21. The van der Waals surface area contributed by atoms with Crippen LogP contribution in [0.1, 0.15) is 17.5 Å². The van der Waals surface area contributed by atoms with Crippen molar-refractivity contribution in [1.82, 2.24) is 10.2 Å². The molecule has 1 aromatic carbocycles. The molecule has 3 nitrogen and oxygen atoms in total. The molecule has 6 heteroatoms. The molecule has 0 fully saturated rings. The van der Waals surface area contributed by atoms with Gasteiger partial charge in [-0.2, -0.15) is 0 Å². The summed E-state index contributed by atoms with van der Waals surface area (Å²) in [5, 5.41) is 2.90. The van der Waals surface area contributed by atoms with Gasteiger partial charge in [0.25, 0.3) is 0 Å². The van der Waals surface area contributed by atoms with E-state index >= 15 is 0 Å². The van der Waals surface area contributed by atoms with Gasteiger partial charge >= 0.3 is 0 Å². The molecule has 2 rings (SSSR count). The van der Waals surface area contributed by atoms with Crippen LogP contribution >= 0.6 is 12.4 Å². The zero-order valence-corrected chi connectivity index (χ0v) is 11.5. The average Bonchev–Trinajstić information content (AvgIpc) is 2.40. The number of fused-ring (bicyclic) bond motifs is 1. The number of rotatable bonds is 3. The van der Waals surface area contributed by atoms with Crippen LogP contribution in [0.25, 0.3) is 0 Å². The fourth-order valence-electron chi connectivity index (χ4n) is 2.20. The topological polar surface area (TPSA) is 32.3 Å². The summed E-state index contributed by atoms with van der Waals surface area (Å²) >= 11 is 0. The highest BCUT2D eigenvalue weighted by molar-refractivity contribution is 5.85. The summed E-state index contributed by atoms with van der Waals surface area (Å²) in [5.74, 6) is -0.843. The van der Waals surface area contributed by atoms with Crippen LogP contribution in [-0.4, -0.2) is 30.9 Å². The first kappa shape index (κ1) is 15.9. The van der Waals surface area contributed by atoms with E-state index < -0.39 is 5.82 Å². The lowest BCUT2D eigenvalue weighted by Crippen LogP contribution is -2.37. The Kier molecular flexibility index (Phi) is 5.69. The molecule has 1 aliphatic heterocycles. The quantitative estimate of drug-likeness (QED) is 0.922. The lowest BCUT2D eigenvalue weighted by Gasteiger charge is -2.29. The van der Waals surface area contributed by atoms with Gasteiger partial charge in [0.15, 0.2) is 0 Å². The summed E-state index contributed by atoms with van der Waals surface area (Å²) < 4.78 is 27.1. The van der Waals surface area contributed by atoms with Crippen molar-refractivity contribution in [1.29, 1.82) is 0 Å². The predicted octanol–water partition coefficient (Wildman–Crippen LogP) is 1.88. The molecule has 0 aliphatic carbocycles. The van der Waals surface area contributed by atoms with Crippen molar-refractivity contribution in [2.45, 2.75) is 19.4 Å².